The van der Waals surface area contributed by atoms with Crippen molar-refractivity contribution >= 4 is 5.69 Å². The van der Waals surface area contributed by atoms with Crippen molar-refractivity contribution in [2.24, 2.45) is 5.92 Å². The maximum atomic E-state index is 3.54. The first kappa shape index (κ1) is 13.4. The Morgan fingerprint density at radius 2 is 1.89 bits per heavy atom. The van der Waals surface area contributed by atoms with Gasteiger partial charge in [0.2, 0.25) is 0 Å². The van der Waals surface area contributed by atoms with Crippen molar-refractivity contribution in [2.45, 2.75) is 38.6 Å². The van der Waals surface area contributed by atoms with Crippen LogP contribution in [0.5, 0.6) is 0 Å². The lowest BCUT2D eigenvalue weighted by Crippen LogP contribution is -2.43. The van der Waals surface area contributed by atoms with E-state index in [1.54, 1.807) is 0 Å². The summed E-state index contributed by atoms with van der Waals surface area (Å²) < 4.78 is 0. The number of likely N-dealkylation sites (N-methyl/N-ethyl adjacent to an activating group) is 2. The third kappa shape index (κ3) is 3.26. The summed E-state index contributed by atoms with van der Waals surface area (Å²) in [6.07, 6.45) is 5.64. The number of benzene rings is 1. The van der Waals surface area contributed by atoms with Gasteiger partial charge in [0.15, 0.2) is 0 Å². The molecule has 18 heavy (non-hydrogen) atoms. The summed E-state index contributed by atoms with van der Waals surface area (Å²) in [7, 11) is 2.11. The molecule has 1 aliphatic carbocycles. The molecule has 1 aliphatic rings. The Labute approximate surface area is 111 Å². The first-order valence-electron chi connectivity index (χ1n) is 7.32. The molecule has 0 bridgehead atoms. The number of hydrogen-bond acceptors (Lipinski definition) is 2. The number of hydrogen-bond donors (Lipinski definition) is 1. The molecule has 1 fully saturated rings. The molecule has 0 amide bonds. The normalized spacial score (nSPS) is 17.9. The van der Waals surface area contributed by atoms with Gasteiger partial charge in [0.05, 0.1) is 0 Å². The van der Waals surface area contributed by atoms with E-state index in [1.807, 2.05) is 0 Å². The molecule has 0 spiro atoms. The largest absolute Gasteiger partial charge is 0.370 e. The fourth-order valence-electron chi connectivity index (χ4n) is 3.13. The lowest BCUT2D eigenvalue weighted by molar-refractivity contribution is 0.379. The van der Waals surface area contributed by atoms with Gasteiger partial charge in [-0.25, -0.2) is 0 Å². The third-order valence-electron chi connectivity index (χ3n) is 4.26. The van der Waals surface area contributed by atoms with Gasteiger partial charge in [-0.15, -0.1) is 0 Å². The van der Waals surface area contributed by atoms with Gasteiger partial charge in [-0.1, -0.05) is 31.0 Å². The van der Waals surface area contributed by atoms with Gasteiger partial charge in [-0.2, -0.15) is 0 Å². The fourth-order valence-corrected chi connectivity index (χ4v) is 3.13. The number of para-hydroxylation sites is 1. The maximum absolute atomic E-state index is 3.54. The lowest BCUT2D eigenvalue weighted by atomic mass is 9.97. The van der Waals surface area contributed by atoms with Crippen molar-refractivity contribution in [1.82, 2.24) is 5.32 Å². The van der Waals surface area contributed by atoms with E-state index in [0.717, 1.165) is 19.0 Å². The quantitative estimate of drug-likeness (QED) is 0.828. The molecule has 0 radical (unpaired) electrons. The van der Waals surface area contributed by atoms with Crippen LogP contribution in [0, 0.1) is 5.92 Å². The van der Waals surface area contributed by atoms with Crippen molar-refractivity contribution < 1.29 is 0 Å². The molecule has 1 aromatic carbocycles. The van der Waals surface area contributed by atoms with Crippen LogP contribution < -0.4 is 10.2 Å². The summed E-state index contributed by atoms with van der Waals surface area (Å²) in [5.74, 6) is 0.868. The van der Waals surface area contributed by atoms with Crippen LogP contribution in [0.15, 0.2) is 30.3 Å². The zero-order valence-electron chi connectivity index (χ0n) is 11.7. The molecule has 1 unspecified atom stereocenters. The maximum Gasteiger partial charge on any atom is 0.0366 e. The van der Waals surface area contributed by atoms with Gasteiger partial charge in [-0.3, -0.25) is 0 Å². The minimum atomic E-state index is 0.632. The average molecular weight is 246 g/mol. The first-order valence-corrected chi connectivity index (χ1v) is 7.32. The van der Waals surface area contributed by atoms with E-state index in [4.69, 9.17) is 0 Å². The standard InChI is InChI=1S/C16H26N2/c1-3-18(15-11-5-4-6-12-15)13-16(17-2)14-9-7-8-10-14/h4-6,11-12,14,16-17H,3,7-10,13H2,1-2H3. The van der Waals surface area contributed by atoms with Crippen LogP contribution >= 0.6 is 0 Å². The molecule has 1 aromatic rings. The SMILES string of the molecule is CCN(CC(NC)C1CCCC1)c1ccccc1. The Bertz CT molecular complexity index is 330. The molecular formula is C16H26N2. The summed E-state index contributed by atoms with van der Waals surface area (Å²) in [4.78, 5) is 2.49. The summed E-state index contributed by atoms with van der Waals surface area (Å²) in [6.45, 7) is 4.45. The van der Waals surface area contributed by atoms with Crippen LogP contribution in [0.3, 0.4) is 0 Å². The molecule has 1 N–H and O–H groups in total. The summed E-state index contributed by atoms with van der Waals surface area (Å²) in [6, 6.07) is 11.4. The van der Waals surface area contributed by atoms with Crippen molar-refractivity contribution in [2.75, 3.05) is 25.0 Å². The van der Waals surface area contributed by atoms with Gasteiger partial charge in [0.1, 0.15) is 0 Å². The Hall–Kier alpha value is -1.02. The molecule has 1 saturated carbocycles. The van der Waals surface area contributed by atoms with Crippen LogP contribution in [0.4, 0.5) is 5.69 Å². The molecular weight excluding hydrogens is 220 g/mol. The minimum absolute atomic E-state index is 0.632. The van der Waals surface area contributed by atoms with Crippen LogP contribution in [0.25, 0.3) is 0 Å². The molecule has 0 heterocycles. The van der Waals surface area contributed by atoms with Crippen LogP contribution in [0.2, 0.25) is 0 Å². The van der Waals surface area contributed by atoms with Gasteiger partial charge >= 0.3 is 0 Å². The molecule has 2 rings (SSSR count). The number of nitrogens with zero attached hydrogens (tertiary/aromatic N) is 1. The number of nitrogens with one attached hydrogen (secondary N) is 1. The average Bonchev–Trinajstić information content (AvgIpc) is 2.95. The molecule has 2 heteroatoms. The van der Waals surface area contributed by atoms with Crippen LogP contribution in [-0.4, -0.2) is 26.2 Å². The smallest absolute Gasteiger partial charge is 0.0366 e. The molecule has 0 aliphatic heterocycles. The Balaban J connectivity index is 2.00. The second-order valence-corrected chi connectivity index (χ2v) is 5.31. The predicted octanol–water partition coefficient (Wildman–Crippen LogP) is 3.29. The van der Waals surface area contributed by atoms with Crippen molar-refractivity contribution in [3.63, 3.8) is 0 Å². The minimum Gasteiger partial charge on any atom is -0.370 e. The second kappa shape index (κ2) is 6.79. The van der Waals surface area contributed by atoms with Gasteiger partial charge in [-0.05, 0) is 44.9 Å². The fraction of sp³-hybridized carbons (Fsp3) is 0.625. The first-order chi connectivity index (χ1) is 8.85. The van der Waals surface area contributed by atoms with E-state index >= 15 is 0 Å². The van der Waals surface area contributed by atoms with E-state index < -0.39 is 0 Å². The monoisotopic (exact) mass is 246 g/mol. The topological polar surface area (TPSA) is 15.3 Å². The molecule has 2 nitrogen and oxygen atoms in total. The highest BCUT2D eigenvalue weighted by molar-refractivity contribution is 5.46. The van der Waals surface area contributed by atoms with Gasteiger partial charge < -0.3 is 10.2 Å². The summed E-state index contributed by atoms with van der Waals surface area (Å²) in [5.41, 5.74) is 1.35. The Kier molecular flexibility index (Phi) is 5.06. The van der Waals surface area contributed by atoms with E-state index in [-0.39, 0.29) is 0 Å². The van der Waals surface area contributed by atoms with Crippen LogP contribution in [0.1, 0.15) is 32.6 Å². The third-order valence-corrected chi connectivity index (χ3v) is 4.26. The van der Waals surface area contributed by atoms with E-state index in [9.17, 15) is 0 Å². The highest BCUT2D eigenvalue weighted by Gasteiger charge is 2.25. The summed E-state index contributed by atoms with van der Waals surface area (Å²) >= 11 is 0. The van der Waals surface area contributed by atoms with Crippen molar-refractivity contribution in [3.05, 3.63) is 30.3 Å². The summed E-state index contributed by atoms with van der Waals surface area (Å²) in [5, 5.41) is 3.54. The highest BCUT2D eigenvalue weighted by Crippen LogP contribution is 2.28. The Morgan fingerprint density at radius 3 is 2.44 bits per heavy atom. The van der Waals surface area contributed by atoms with Gasteiger partial charge in [0, 0.05) is 24.8 Å². The predicted molar refractivity (Wildman–Crippen MR) is 79.1 cm³/mol. The van der Waals surface area contributed by atoms with Gasteiger partial charge in [0.25, 0.3) is 0 Å². The molecule has 1 atom stereocenters. The second-order valence-electron chi connectivity index (χ2n) is 5.31. The van der Waals surface area contributed by atoms with E-state index in [1.165, 1.54) is 31.4 Å². The van der Waals surface area contributed by atoms with Crippen molar-refractivity contribution in [3.8, 4) is 0 Å². The Morgan fingerprint density at radius 1 is 1.22 bits per heavy atom. The molecule has 100 valence electrons. The van der Waals surface area contributed by atoms with Crippen LogP contribution in [-0.2, 0) is 0 Å². The lowest BCUT2D eigenvalue weighted by Gasteiger charge is -2.31. The molecule has 0 saturated heterocycles. The van der Waals surface area contributed by atoms with E-state index in [0.29, 0.717) is 6.04 Å². The highest BCUT2D eigenvalue weighted by atomic mass is 15.1. The zero-order chi connectivity index (χ0) is 12.8. The van der Waals surface area contributed by atoms with Crippen molar-refractivity contribution in [1.29, 1.82) is 0 Å². The van der Waals surface area contributed by atoms with E-state index in [2.05, 4.69) is 54.5 Å². The number of anilines is 1. The zero-order valence-corrected chi connectivity index (χ0v) is 11.7. The molecule has 0 aromatic heterocycles. The number of rotatable bonds is 6.